The second kappa shape index (κ2) is 10.0. The van der Waals surface area contributed by atoms with Gasteiger partial charge in [0.05, 0.1) is 13.5 Å². The van der Waals surface area contributed by atoms with Crippen LogP contribution < -0.4 is 10.1 Å². The van der Waals surface area contributed by atoms with Crippen molar-refractivity contribution in [3.63, 3.8) is 0 Å². The van der Waals surface area contributed by atoms with Crippen LogP contribution in [-0.4, -0.2) is 57.7 Å². The number of carbonyl (C=O) groups is 1. The average Bonchev–Trinajstić information content (AvgIpc) is 2.76. The third kappa shape index (κ3) is 5.50. The first-order chi connectivity index (χ1) is 15.1. The maximum atomic E-state index is 11.4. The summed E-state index contributed by atoms with van der Waals surface area (Å²) in [6.45, 7) is 2.86. The summed E-state index contributed by atoms with van der Waals surface area (Å²) >= 11 is 0. The van der Waals surface area contributed by atoms with E-state index in [0.717, 1.165) is 50.3 Å². The SMILES string of the molecule is COc1ncc([C@H](CC(=O)O)N2CC(CCCCc3ccc4c(n3)NCCC4)C2)cn1. The van der Waals surface area contributed by atoms with Crippen LogP contribution >= 0.6 is 0 Å². The molecule has 0 aliphatic carbocycles. The Labute approximate surface area is 183 Å². The van der Waals surface area contributed by atoms with Crippen molar-refractivity contribution in [2.75, 3.05) is 32.1 Å². The lowest BCUT2D eigenvalue weighted by Crippen LogP contribution is -2.48. The molecule has 1 atom stereocenters. The van der Waals surface area contributed by atoms with Crippen LogP contribution in [0.25, 0.3) is 0 Å². The number of hydrogen-bond acceptors (Lipinski definition) is 7. The van der Waals surface area contributed by atoms with Crippen LogP contribution in [0.5, 0.6) is 6.01 Å². The number of pyridine rings is 1. The van der Waals surface area contributed by atoms with Gasteiger partial charge in [0.1, 0.15) is 5.82 Å². The van der Waals surface area contributed by atoms with E-state index in [0.29, 0.717) is 11.9 Å². The highest BCUT2D eigenvalue weighted by Crippen LogP contribution is 2.33. The Morgan fingerprint density at radius 3 is 2.84 bits per heavy atom. The number of fused-ring (bicyclic) bond motifs is 1. The summed E-state index contributed by atoms with van der Waals surface area (Å²) in [6.07, 6.45) is 10.2. The molecule has 2 aliphatic heterocycles. The van der Waals surface area contributed by atoms with Crippen LogP contribution in [0, 0.1) is 5.92 Å². The van der Waals surface area contributed by atoms with E-state index in [1.165, 1.54) is 37.6 Å². The van der Waals surface area contributed by atoms with Crippen LogP contribution in [0.15, 0.2) is 24.5 Å². The molecule has 0 bridgehead atoms. The molecule has 31 heavy (non-hydrogen) atoms. The number of methoxy groups -OCH3 is 1. The largest absolute Gasteiger partial charge is 0.481 e. The number of aliphatic carboxylic acids is 1. The molecular weight excluding hydrogens is 394 g/mol. The number of unbranched alkanes of at least 4 members (excludes halogenated alkanes) is 1. The summed E-state index contributed by atoms with van der Waals surface area (Å²) in [4.78, 5) is 26.6. The first-order valence-corrected chi connectivity index (χ1v) is 11.2. The minimum Gasteiger partial charge on any atom is -0.481 e. The van der Waals surface area contributed by atoms with Crippen molar-refractivity contribution in [3.8, 4) is 6.01 Å². The number of nitrogens with zero attached hydrogens (tertiary/aromatic N) is 4. The van der Waals surface area contributed by atoms with Crippen molar-refractivity contribution >= 4 is 11.8 Å². The molecule has 0 radical (unpaired) electrons. The second-order valence-electron chi connectivity index (χ2n) is 8.52. The predicted octanol–water partition coefficient (Wildman–Crippen LogP) is 3.10. The normalized spacial score (nSPS) is 17.3. The Bertz CT molecular complexity index is 883. The molecule has 2 aromatic rings. The molecule has 0 saturated carbocycles. The fourth-order valence-electron chi connectivity index (χ4n) is 4.52. The first kappa shape index (κ1) is 21.5. The van der Waals surface area contributed by atoms with Crippen molar-refractivity contribution in [2.45, 2.75) is 51.0 Å². The zero-order valence-electron chi connectivity index (χ0n) is 18.1. The maximum absolute atomic E-state index is 11.4. The number of nitrogens with one attached hydrogen (secondary N) is 1. The number of aromatic nitrogens is 3. The molecule has 166 valence electrons. The fourth-order valence-corrected chi connectivity index (χ4v) is 4.52. The van der Waals surface area contributed by atoms with Crippen LogP contribution in [0.1, 0.15) is 55.0 Å². The number of carboxylic acids is 1. The number of ether oxygens (including phenoxy) is 1. The smallest absolute Gasteiger partial charge is 0.316 e. The molecule has 4 heterocycles. The molecule has 2 N–H and O–H groups in total. The highest BCUT2D eigenvalue weighted by molar-refractivity contribution is 5.67. The van der Waals surface area contributed by atoms with E-state index < -0.39 is 5.97 Å². The minimum atomic E-state index is -0.809. The van der Waals surface area contributed by atoms with Gasteiger partial charge in [-0.1, -0.05) is 12.5 Å². The van der Waals surface area contributed by atoms with E-state index in [1.54, 1.807) is 12.4 Å². The topological polar surface area (TPSA) is 100 Å². The lowest BCUT2D eigenvalue weighted by molar-refractivity contribution is -0.139. The van der Waals surface area contributed by atoms with Crippen molar-refractivity contribution in [1.29, 1.82) is 0 Å². The Hall–Kier alpha value is -2.74. The zero-order chi connectivity index (χ0) is 21.6. The predicted molar refractivity (Wildman–Crippen MR) is 117 cm³/mol. The molecule has 1 saturated heterocycles. The van der Waals surface area contributed by atoms with Crippen LogP contribution in [-0.2, 0) is 17.6 Å². The summed E-state index contributed by atoms with van der Waals surface area (Å²) in [5.41, 5.74) is 3.33. The summed E-state index contributed by atoms with van der Waals surface area (Å²) < 4.78 is 5.00. The lowest BCUT2D eigenvalue weighted by atomic mass is 9.89. The van der Waals surface area contributed by atoms with Gasteiger partial charge in [0.15, 0.2) is 0 Å². The van der Waals surface area contributed by atoms with Gasteiger partial charge in [0.2, 0.25) is 0 Å². The molecule has 0 spiro atoms. The molecule has 8 nitrogen and oxygen atoms in total. The Kier molecular flexibility index (Phi) is 6.96. The number of likely N-dealkylation sites (tertiary alicyclic amines) is 1. The van der Waals surface area contributed by atoms with Crippen molar-refractivity contribution < 1.29 is 14.6 Å². The third-order valence-electron chi connectivity index (χ3n) is 6.26. The molecule has 1 fully saturated rings. The van der Waals surface area contributed by atoms with Gasteiger partial charge in [0, 0.05) is 49.3 Å². The van der Waals surface area contributed by atoms with E-state index in [9.17, 15) is 9.90 Å². The Balaban J connectivity index is 1.22. The van der Waals surface area contributed by atoms with E-state index in [2.05, 4.69) is 32.3 Å². The van der Waals surface area contributed by atoms with Crippen molar-refractivity contribution in [2.24, 2.45) is 5.92 Å². The highest BCUT2D eigenvalue weighted by Gasteiger charge is 2.34. The van der Waals surface area contributed by atoms with Gasteiger partial charge in [-0.15, -0.1) is 0 Å². The molecular formula is C23H31N5O3. The van der Waals surface area contributed by atoms with Crippen LogP contribution in [0.4, 0.5) is 5.82 Å². The zero-order valence-corrected chi connectivity index (χ0v) is 18.1. The maximum Gasteiger partial charge on any atom is 0.316 e. The number of aryl methyl sites for hydroxylation is 2. The van der Waals surface area contributed by atoms with Crippen LogP contribution in [0.2, 0.25) is 0 Å². The van der Waals surface area contributed by atoms with Gasteiger partial charge in [-0.2, -0.15) is 0 Å². The molecule has 2 aromatic heterocycles. The molecule has 0 aromatic carbocycles. The van der Waals surface area contributed by atoms with Crippen molar-refractivity contribution in [3.05, 3.63) is 41.3 Å². The van der Waals surface area contributed by atoms with Crippen LogP contribution in [0.3, 0.4) is 0 Å². The summed E-state index contributed by atoms with van der Waals surface area (Å²) in [5, 5.41) is 12.7. The van der Waals surface area contributed by atoms with E-state index in [4.69, 9.17) is 9.72 Å². The van der Waals surface area contributed by atoms with Gasteiger partial charge >= 0.3 is 12.0 Å². The molecule has 8 heteroatoms. The van der Waals surface area contributed by atoms with Gasteiger partial charge < -0.3 is 15.2 Å². The molecule has 0 unspecified atom stereocenters. The quantitative estimate of drug-likeness (QED) is 0.560. The average molecular weight is 426 g/mol. The van der Waals surface area contributed by atoms with E-state index in [1.807, 2.05) is 0 Å². The van der Waals surface area contributed by atoms with Gasteiger partial charge in [0.25, 0.3) is 0 Å². The Morgan fingerprint density at radius 2 is 2.10 bits per heavy atom. The van der Waals surface area contributed by atoms with Gasteiger partial charge in [-0.25, -0.2) is 15.0 Å². The molecule has 0 amide bonds. The van der Waals surface area contributed by atoms with Crippen molar-refractivity contribution in [1.82, 2.24) is 19.9 Å². The number of hydrogen-bond donors (Lipinski definition) is 2. The van der Waals surface area contributed by atoms with Gasteiger partial charge in [-0.3, -0.25) is 9.69 Å². The molecule has 4 rings (SSSR count). The van der Waals surface area contributed by atoms with E-state index >= 15 is 0 Å². The van der Waals surface area contributed by atoms with Gasteiger partial charge in [-0.05, 0) is 49.7 Å². The second-order valence-corrected chi connectivity index (χ2v) is 8.52. The summed E-state index contributed by atoms with van der Waals surface area (Å²) in [7, 11) is 1.52. The van der Waals surface area contributed by atoms with E-state index in [-0.39, 0.29) is 12.5 Å². The summed E-state index contributed by atoms with van der Waals surface area (Å²) in [5.74, 6) is 0.885. The summed E-state index contributed by atoms with van der Waals surface area (Å²) in [6, 6.07) is 4.50. The Morgan fingerprint density at radius 1 is 1.29 bits per heavy atom. The first-order valence-electron chi connectivity index (χ1n) is 11.2. The standard InChI is InChI=1S/C23H31N5O3/c1-31-23-25-12-18(13-26-23)20(11-21(29)30)28-14-16(15-28)5-2-3-7-19-9-8-17-6-4-10-24-22(17)27-19/h8-9,12-13,16,20H,2-7,10-11,14-15H2,1H3,(H,24,27)(H,29,30)/t20-/m0/s1. The minimum absolute atomic E-state index is 0.0560. The number of rotatable bonds is 10. The molecule has 2 aliphatic rings. The number of carboxylic acid groups (broad SMARTS) is 1. The highest BCUT2D eigenvalue weighted by atomic mass is 16.5. The third-order valence-corrected chi connectivity index (χ3v) is 6.26. The number of anilines is 1. The monoisotopic (exact) mass is 425 g/mol. The lowest BCUT2D eigenvalue weighted by Gasteiger charge is -2.44. The fraction of sp³-hybridized carbons (Fsp3) is 0.565.